The first-order valence-corrected chi connectivity index (χ1v) is 8.90. The van der Waals surface area contributed by atoms with Crippen molar-refractivity contribution in [1.29, 1.82) is 0 Å². The van der Waals surface area contributed by atoms with Crippen LogP contribution in [0.3, 0.4) is 0 Å². The summed E-state index contributed by atoms with van der Waals surface area (Å²) in [7, 11) is 0. The van der Waals surface area contributed by atoms with Gasteiger partial charge in [0.15, 0.2) is 5.82 Å². The summed E-state index contributed by atoms with van der Waals surface area (Å²) in [6.45, 7) is 0. The van der Waals surface area contributed by atoms with E-state index in [1.807, 2.05) is 0 Å². The van der Waals surface area contributed by atoms with Crippen LogP contribution in [0.25, 0.3) is 11.0 Å². The summed E-state index contributed by atoms with van der Waals surface area (Å²) in [5.74, 6) is -1.23. The Bertz CT molecular complexity index is 1220. The van der Waals surface area contributed by atoms with Gasteiger partial charge in [0.05, 0.1) is 11.0 Å². The largest absolute Gasteiger partial charge is 0.337 e. The van der Waals surface area contributed by atoms with Crippen LogP contribution in [0, 0.1) is 0 Å². The quantitative estimate of drug-likeness (QED) is 0.457. The molecule has 2 aromatic heterocycles. The van der Waals surface area contributed by atoms with Gasteiger partial charge in [-0.1, -0.05) is 6.07 Å². The zero-order valence-electron chi connectivity index (χ0n) is 15.4. The third-order valence-corrected chi connectivity index (χ3v) is 4.29. The Morgan fingerprint density at radius 3 is 2.30 bits per heavy atom. The van der Waals surface area contributed by atoms with Gasteiger partial charge in [-0.3, -0.25) is 14.6 Å². The van der Waals surface area contributed by atoms with Crippen LogP contribution in [0.5, 0.6) is 0 Å². The first-order chi connectivity index (χ1) is 14.5. The fraction of sp³-hybridized carbons (Fsp3) is 0.0476. The average molecular weight is 407 g/mol. The maximum Gasteiger partial charge on any atom is 0.295 e. The van der Waals surface area contributed by atoms with Crippen LogP contribution in [-0.2, 0) is 0 Å². The van der Waals surface area contributed by atoms with Crippen LogP contribution in [0.15, 0.2) is 67.0 Å². The molecule has 0 fully saturated rings. The molecule has 2 aromatic carbocycles. The highest BCUT2D eigenvalue weighted by Crippen LogP contribution is 2.21. The lowest BCUT2D eigenvalue weighted by atomic mass is 10.1. The molecule has 0 atom stereocenters. The summed E-state index contributed by atoms with van der Waals surface area (Å²) in [5, 5.41) is 5.44. The molecule has 9 heteroatoms. The minimum absolute atomic E-state index is 0.263. The molecule has 2 heterocycles. The number of anilines is 2. The number of amides is 2. The van der Waals surface area contributed by atoms with Gasteiger partial charge in [-0.15, -0.1) is 0 Å². The molecule has 4 aromatic rings. The number of rotatable bonds is 5. The molecule has 4 rings (SSSR count). The van der Waals surface area contributed by atoms with Crippen LogP contribution in [0.2, 0.25) is 0 Å². The van der Waals surface area contributed by atoms with Gasteiger partial charge in [0.25, 0.3) is 18.2 Å². The predicted octanol–water partition coefficient (Wildman–Crippen LogP) is 4.40. The van der Waals surface area contributed by atoms with E-state index in [-0.39, 0.29) is 11.5 Å². The lowest BCUT2D eigenvalue weighted by Gasteiger charge is -2.08. The van der Waals surface area contributed by atoms with Crippen molar-refractivity contribution in [2.24, 2.45) is 0 Å². The monoisotopic (exact) mass is 407 g/mol. The summed E-state index contributed by atoms with van der Waals surface area (Å²) in [6.07, 6.45) is 0.399. The van der Waals surface area contributed by atoms with E-state index in [2.05, 4.69) is 25.6 Å². The number of pyridine rings is 1. The second kappa shape index (κ2) is 8.08. The molecule has 0 radical (unpaired) electrons. The SMILES string of the molecule is O=C(Nc1ccncc1)c1cccc(NC(=O)c2ccc3nc(C(F)F)[nH]c3c2)c1. The molecule has 0 aliphatic rings. The van der Waals surface area contributed by atoms with Crippen LogP contribution < -0.4 is 10.6 Å². The molecular weight excluding hydrogens is 392 g/mol. The molecule has 0 saturated heterocycles. The number of imidazole rings is 1. The van der Waals surface area contributed by atoms with Crippen molar-refractivity contribution in [3.8, 4) is 0 Å². The molecule has 2 amide bonds. The molecule has 0 unspecified atom stereocenters. The zero-order chi connectivity index (χ0) is 21.1. The van der Waals surface area contributed by atoms with Crippen LogP contribution in [-0.4, -0.2) is 26.8 Å². The Labute approximate surface area is 169 Å². The second-order valence-electron chi connectivity index (χ2n) is 6.38. The van der Waals surface area contributed by atoms with Gasteiger partial charge in [0.2, 0.25) is 0 Å². The summed E-state index contributed by atoms with van der Waals surface area (Å²) in [6, 6.07) is 14.2. The van der Waals surface area contributed by atoms with Crippen molar-refractivity contribution < 1.29 is 18.4 Å². The molecule has 0 bridgehead atoms. The van der Waals surface area contributed by atoms with E-state index in [9.17, 15) is 18.4 Å². The van der Waals surface area contributed by atoms with E-state index < -0.39 is 18.2 Å². The lowest BCUT2D eigenvalue weighted by Crippen LogP contribution is -2.14. The number of carbonyl (C=O) groups is 2. The van der Waals surface area contributed by atoms with Crippen LogP contribution >= 0.6 is 0 Å². The van der Waals surface area contributed by atoms with Gasteiger partial charge in [0.1, 0.15) is 0 Å². The van der Waals surface area contributed by atoms with Crippen molar-refractivity contribution >= 4 is 34.2 Å². The number of aromatic amines is 1. The van der Waals surface area contributed by atoms with E-state index in [1.165, 1.54) is 24.3 Å². The van der Waals surface area contributed by atoms with Gasteiger partial charge >= 0.3 is 0 Å². The van der Waals surface area contributed by atoms with E-state index in [0.29, 0.717) is 28.0 Å². The van der Waals surface area contributed by atoms with E-state index in [1.54, 1.807) is 42.7 Å². The Balaban J connectivity index is 1.50. The fourth-order valence-electron chi connectivity index (χ4n) is 2.85. The summed E-state index contributed by atoms with van der Waals surface area (Å²) < 4.78 is 25.6. The number of hydrogen-bond donors (Lipinski definition) is 3. The number of benzene rings is 2. The lowest BCUT2D eigenvalue weighted by molar-refractivity contribution is 0.101. The maximum absolute atomic E-state index is 12.8. The Morgan fingerprint density at radius 2 is 1.57 bits per heavy atom. The third-order valence-electron chi connectivity index (χ3n) is 4.29. The van der Waals surface area contributed by atoms with Crippen LogP contribution in [0.4, 0.5) is 20.2 Å². The van der Waals surface area contributed by atoms with E-state index >= 15 is 0 Å². The first kappa shape index (κ1) is 19.2. The van der Waals surface area contributed by atoms with Crippen molar-refractivity contribution in [2.75, 3.05) is 10.6 Å². The molecule has 0 aliphatic carbocycles. The topological polar surface area (TPSA) is 99.8 Å². The molecular formula is C21H15F2N5O2. The zero-order valence-corrected chi connectivity index (χ0v) is 15.4. The standard InChI is InChI=1S/C21H15F2N5O2/c22-18(23)19-27-16-5-4-13(11-17(16)28-19)21(30)26-15-3-1-2-12(10-15)20(29)25-14-6-8-24-9-7-14/h1-11,18H,(H,26,30)(H,27,28)(H,24,25,29). The van der Waals surface area contributed by atoms with Crippen molar-refractivity contribution in [3.63, 3.8) is 0 Å². The minimum atomic E-state index is -2.73. The second-order valence-corrected chi connectivity index (χ2v) is 6.38. The summed E-state index contributed by atoms with van der Waals surface area (Å²) in [5.41, 5.74) is 2.31. The normalized spacial score (nSPS) is 10.9. The number of nitrogens with one attached hydrogen (secondary N) is 3. The molecule has 150 valence electrons. The number of H-pyrrole nitrogens is 1. The molecule has 0 aliphatic heterocycles. The van der Waals surface area contributed by atoms with Gasteiger partial charge in [-0.05, 0) is 48.5 Å². The molecule has 0 saturated carbocycles. The number of hydrogen-bond acceptors (Lipinski definition) is 4. The number of nitrogens with zero attached hydrogens (tertiary/aromatic N) is 2. The third kappa shape index (κ3) is 4.14. The molecule has 7 nitrogen and oxygen atoms in total. The van der Waals surface area contributed by atoms with E-state index in [4.69, 9.17) is 0 Å². The van der Waals surface area contributed by atoms with Crippen molar-refractivity contribution in [1.82, 2.24) is 15.0 Å². The molecule has 30 heavy (non-hydrogen) atoms. The van der Waals surface area contributed by atoms with Crippen molar-refractivity contribution in [2.45, 2.75) is 6.43 Å². The number of halogens is 2. The smallest absolute Gasteiger partial charge is 0.295 e. The van der Waals surface area contributed by atoms with E-state index in [0.717, 1.165) is 0 Å². The predicted molar refractivity (Wildman–Crippen MR) is 108 cm³/mol. The number of aromatic nitrogens is 3. The fourth-order valence-corrected chi connectivity index (χ4v) is 2.85. The van der Waals surface area contributed by atoms with Gasteiger partial charge in [-0.25, -0.2) is 13.8 Å². The average Bonchev–Trinajstić information content (AvgIpc) is 3.18. The Hall–Kier alpha value is -4.14. The summed E-state index contributed by atoms with van der Waals surface area (Å²) >= 11 is 0. The number of alkyl halides is 2. The Morgan fingerprint density at radius 1 is 0.867 bits per heavy atom. The van der Waals surface area contributed by atoms with Gasteiger partial charge in [-0.2, -0.15) is 0 Å². The van der Waals surface area contributed by atoms with Crippen molar-refractivity contribution in [3.05, 3.63) is 83.9 Å². The highest BCUT2D eigenvalue weighted by atomic mass is 19.3. The molecule has 3 N–H and O–H groups in total. The maximum atomic E-state index is 12.8. The first-order valence-electron chi connectivity index (χ1n) is 8.90. The van der Waals surface area contributed by atoms with Gasteiger partial charge in [0, 0.05) is 34.9 Å². The number of carbonyl (C=O) groups excluding carboxylic acids is 2. The molecule has 0 spiro atoms. The number of fused-ring (bicyclic) bond motifs is 1. The highest BCUT2D eigenvalue weighted by molar-refractivity contribution is 6.08. The summed E-state index contributed by atoms with van der Waals surface area (Å²) in [4.78, 5) is 35.1. The highest BCUT2D eigenvalue weighted by Gasteiger charge is 2.15. The van der Waals surface area contributed by atoms with Gasteiger partial charge < -0.3 is 15.6 Å². The van der Waals surface area contributed by atoms with Crippen LogP contribution in [0.1, 0.15) is 33.0 Å². The Kier molecular flexibility index (Phi) is 5.17. The minimum Gasteiger partial charge on any atom is -0.337 e.